The van der Waals surface area contributed by atoms with Gasteiger partial charge in [-0.15, -0.1) is 6.42 Å². The normalized spacial score (nSPS) is 14.5. The molecule has 0 saturated carbocycles. The zero-order valence-electron chi connectivity index (χ0n) is 16.9. The minimum Gasteiger partial charge on any atom is -0.348 e. The number of amides is 4. The summed E-state index contributed by atoms with van der Waals surface area (Å²) in [4.78, 5) is 49.4. The highest BCUT2D eigenvalue weighted by Gasteiger charge is 2.28. The van der Waals surface area contributed by atoms with Gasteiger partial charge in [0.2, 0.25) is 5.91 Å². The van der Waals surface area contributed by atoms with Gasteiger partial charge in [0.1, 0.15) is 5.70 Å². The summed E-state index contributed by atoms with van der Waals surface area (Å²) in [6.45, 7) is 0.0603. The molecule has 0 aromatic heterocycles. The predicted molar refractivity (Wildman–Crippen MR) is 115 cm³/mol. The average Bonchev–Trinajstić information content (AvgIpc) is 2.82. The maximum atomic E-state index is 12.4. The van der Waals surface area contributed by atoms with Crippen molar-refractivity contribution in [1.29, 1.82) is 0 Å². The summed E-state index contributed by atoms with van der Waals surface area (Å²) in [5, 5.41) is 14.0. The van der Waals surface area contributed by atoms with Gasteiger partial charge in [0.25, 0.3) is 17.7 Å². The Labute approximate surface area is 184 Å². The van der Waals surface area contributed by atoms with Crippen LogP contribution in [0.5, 0.6) is 0 Å². The van der Waals surface area contributed by atoms with Crippen LogP contribution in [0.4, 0.5) is 0 Å². The smallest absolute Gasteiger partial charge is 0.274 e. The summed E-state index contributed by atoms with van der Waals surface area (Å²) >= 11 is 0. The monoisotopic (exact) mass is 432 g/mol. The van der Waals surface area contributed by atoms with Crippen molar-refractivity contribution >= 4 is 29.7 Å². The van der Waals surface area contributed by atoms with E-state index in [4.69, 9.17) is 11.6 Å². The van der Waals surface area contributed by atoms with Gasteiger partial charge in [-0.05, 0) is 41.5 Å². The third kappa shape index (κ3) is 5.19. The Morgan fingerprint density at radius 1 is 1.12 bits per heavy atom. The van der Waals surface area contributed by atoms with Gasteiger partial charge in [0.15, 0.2) is 0 Å². The highest BCUT2D eigenvalue weighted by atomic mass is 16.5. The first-order valence-electron chi connectivity index (χ1n) is 9.58. The summed E-state index contributed by atoms with van der Waals surface area (Å²) in [5.41, 5.74) is 3.66. The fraction of sp³-hybridized carbons (Fsp3) is 0.130. The second-order valence-electron chi connectivity index (χ2n) is 6.84. The number of terminal acetylenes is 1. The van der Waals surface area contributed by atoms with Crippen LogP contribution >= 0.6 is 0 Å². The van der Waals surface area contributed by atoms with Crippen molar-refractivity contribution in [2.75, 3.05) is 13.1 Å². The minimum absolute atomic E-state index is 0.0141. The van der Waals surface area contributed by atoms with E-state index in [9.17, 15) is 19.2 Å². The molecule has 3 rings (SSSR count). The van der Waals surface area contributed by atoms with E-state index in [-0.39, 0.29) is 42.7 Å². The maximum Gasteiger partial charge on any atom is 0.274 e. The first-order chi connectivity index (χ1) is 15.4. The molecule has 32 heavy (non-hydrogen) atoms. The zero-order valence-corrected chi connectivity index (χ0v) is 16.9. The minimum atomic E-state index is -0.642. The van der Waals surface area contributed by atoms with E-state index < -0.39 is 11.8 Å². The Balaban J connectivity index is 1.69. The molecule has 1 aliphatic heterocycles. The lowest BCUT2D eigenvalue weighted by molar-refractivity contribution is -0.135. The van der Waals surface area contributed by atoms with Crippen LogP contribution in [0.15, 0.2) is 54.2 Å². The molecule has 1 aliphatic rings. The largest absolute Gasteiger partial charge is 0.348 e. The molecule has 2 aromatic carbocycles. The van der Waals surface area contributed by atoms with E-state index in [1.165, 1.54) is 17.0 Å². The molecule has 1 fully saturated rings. The third-order valence-corrected chi connectivity index (χ3v) is 4.69. The van der Waals surface area contributed by atoms with E-state index in [2.05, 4.69) is 16.6 Å². The van der Waals surface area contributed by atoms with Crippen LogP contribution in [-0.4, -0.2) is 46.8 Å². The highest BCUT2D eigenvalue weighted by Crippen LogP contribution is 2.15. The van der Waals surface area contributed by atoms with Crippen LogP contribution in [0.1, 0.15) is 31.8 Å². The summed E-state index contributed by atoms with van der Waals surface area (Å²) < 4.78 is 0. The van der Waals surface area contributed by atoms with Crippen molar-refractivity contribution in [3.63, 3.8) is 0 Å². The maximum absolute atomic E-state index is 12.4. The van der Waals surface area contributed by atoms with Gasteiger partial charge in [0, 0.05) is 17.7 Å². The summed E-state index contributed by atoms with van der Waals surface area (Å²) in [7, 11) is 0. The molecule has 0 radical (unpaired) electrons. The van der Waals surface area contributed by atoms with Crippen molar-refractivity contribution in [2.45, 2.75) is 6.54 Å². The molecule has 162 valence electrons. The van der Waals surface area contributed by atoms with Gasteiger partial charge < -0.3 is 10.6 Å². The second kappa shape index (κ2) is 10.1. The molecular weight excluding hydrogens is 412 g/mol. The molecule has 9 nitrogen and oxygen atoms in total. The average molecular weight is 432 g/mol. The number of carbonyl (C=O) groups excluding carboxylic acids is 4. The lowest BCUT2D eigenvalue weighted by Crippen LogP contribution is -2.49. The molecular formula is C23H20N4O5. The van der Waals surface area contributed by atoms with E-state index in [1.807, 2.05) is 0 Å². The van der Waals surface area contributed by atoms with E-state index in [0.29, 0.717) is 16.7 Å². The molecule has 4 amide bonds. The van der Waals surface area contributed by atoms with Crippen molar-refractivity contribution in [1.82, 2.24) is 21.0 Å². The van der Waals surface area contributed by atoms with Crippen LogP contribution in [0, 0.1) is 12.3 Å². The van der Waals surface area contributed by atoms with Gasteiger partial charge in [-0.1, -0.05) is 30.2 Å². The molecule has 0 spiro atoms. The number of hydrogen-bond acceptors (Lipinski definition) is 5. The summed E-state index contributed by atoms with van der Waals surface area (Å²) in [6, 6.07) is 12.9. The van der Waals surface area contributed by atoms with E-state index in [1.54, 1.807) is 47.9 Å². The zero-order chi connectivity index (χ0) is 23.1. The third-order valence-electron chi connectivity index (χ3n) is 4.69. The molecule has 1 heterocycles. The van der Waals surface area contributed by atoms with Gasteiger partial charge >= 0.3 is 0 Å². The van der Waals surface area contributed by atoms with E-state index >= 15 is 0 Å². The highest BCUT2D eigenvalue weighted by molar-refractivity contribution is 6.06. The lowest BCUT2D eigenvalue weighted by atomic mass is 10.1. The Morgan fingerprint density at radius 3 is 2.56 bits per heavy atom. The Kier molecular flexibility index (Phi) is 7.00. The topological polar surface area (TPSA) is 128 Å². The summed E-state index contributed by atoms with van der Waals surface area (Å²) in [5.74, 6) is 0.687. The number of piperazine rings is 1. The number of carbonyl (C=O) groups is 4. The molecule has 0 atom stereocenters. The molecule has 0 unspecified atom stereocenters. The van der Waals surface area contributed by atoms with Crippen LogP contribution in [0.2, 0.25) is 0 Å². The predicted octanol–water partition coefficient (Wildman–Crippen LogP) is 0.668. The Morgan fingerprint density at radius 2 is 1.88 bits per heavy atom. The van der Waals surface area contributed by atoms with Gasteiger partial charge in [-0.3, -0.25) is 29.3 Å². The molecule has 0 bridgehead atoms. The number of hydrogen-bond donors (Lipinski definition) is 4. The summed E-state index contributed by atoms with van der Waals surface area (Å²) in [6.07, 6.45) is 6.83. The number of rotatable bonds is 6. The first kappa shape index (κ1) is 22.3. The second-order valence-corrected chi connectivity index (χ2v) is 6.84. The lowest BCUT2D eigenvalue weighted by Gasteiger charge is -2.27. The number of nitrogens with zero attached hydrogens (tertiary/aromatic N) is 1. The quantitative estimate of drug-likeness (QED) is 0.231. The fourth-order valence-electron chi connectivity index (χ4n) is 3.07. The van der Waals surface area contributed by atoms with Crippen LogP contribution in [-0.2, 0) is 16.1 Å². The van der Waals surface area contributed by atoms with Gasteiger partial charge in [-0.25, -0.2) is 5.48 Å². The number of nitrogens with one attached hydrogen (secondary N) is 3. The van der Waals surface area contributed by atoms with E-state index in [0.717, 1.165) is 0 Å². The van der Waals surface area contributed by atoms with Crippen LogP contribution in [0.3, 0.4) is 0 Å². The fourth-order valence-corrected chi connectivity index (χ4v) is 3.07. The van der Waals surface area contributed by atoms with Crippen LogP contribution in [0.25, 0.3) is 6.08 Å². The molecule has 2 aromatic rings. The molecule has 9 heteroatoms. The van der Waals surface area contributed by atoms with Crippen molar-refractivity contribution in [2.24, 2.45) is 0 Å². The molecule has 0 aliphatic carbocycles. The number of benzene rings is 2. The molecule has 4 N–H and O–H groups in total. The first-order valence-corrected chi connectivity index (χ1v) is 9.58. The van der Waals surface area contributed by atoms with Gasteiger partial charge in [0.05, 0.1) is 13.1 Å². The van der Waals surface area contributed by atoms with Crippen molar-refractivity contribution < 1.29 is 24.4 Å². The molecule has 1 saturated heterocycles. The Bertz CT molecular complexity index is 1130. The van der Waals surface area contributed by atoms with Crippen LogP contribution < -0.4 is 16.1 Å². The van der Waals surface area contributed by atoms with Crippen molar-refractivity contribution in [3.8, 4) is 12.3 Å². The standard InChI is InChI=1S/C23H20N4O5/c1-2-10-27-19(23(31)25-14-20(27)28)12-15-6-8-17(9-7-15)21(29)24-13-16-4-3-5-18(11-16)22(30)26-32/h1,3-9,11-12,32H,10,13-14H2,(H,24,29)(H,25,31)(H,26,30)/b19-12-. The van der Waals surface area contributed by atoms with Crippen molar-refractivity contribution in [3.05, 3.63) is 76.5 Å². The Hall–Kier alpha value is -4.42. The SMILES string of the molecule is C#CCN1C(=O)CNC(=O)/C1=C/c1ccc(C(=O)NCc2cccc(C(=O)NO)c2)cc1. The van der Waals surface area contributed by atoms with Gasteiger partial charge in [-0.2, -0.15) is 0 Å². The number of hydroxylamine groups is 1.